The molecule has 2 aliphatic rings. The summed E-state index contributed by atoms with van der Waals surface area (Å²) in [6.07, 6.45) is 1.10. The molecule has 1 saturated heterocycles. The van der Waals surface area contributed by atoms with Crippen LogP contribution < -0.4 is 10.1 Å². The summed E-state index contributed by atoms with van der Waals surface area (Å²) < 4.78 is 5.67. The van der Waals surface area contributed by atoms with Crippen LogP contribution >= 0.6 is 0 Å². The van der Waals surface area contributed by atoms with Crippen LogP contribution in [0.4, 0.5) is 0 Å². The number of rotatable bonds is 3. The lowest BCUT2D eigenvalue weighted by Crippen LogP contribution is -2.45. The van der Waals surface area contributed by atoms with Crippen LogP contribution in [0.1, 0.15) is 18.9 Å². The van der Waals surface area contributed by atoms with Gasteiger partial charge in [0.05, 0.1) is 12.0 Å². The van der Waals surface area contributed by atoms with Gasteiger partial charge in [0.15, 0.2) is 0 Å². The van der Waals surface area contributed by atoms with Gasteiger partial charge in [0.2, 0.25) is 11.8 Å². The van der Waals surface area contributed by atoms with Crippen molar-refractivity contribution in [2.24, 2.45) is 5.92 Å². The summed E-state index contributed by atoms with van der Waals surface area (Å²) in [5, 5.41) is 3.02. The number of hydrogen-bond acceptors (Lipinski definition) is 3. The number of likely N-dealkylation sites (tertiary alicyclic amines) is 1. The Morgan fingerprint density at radius 2 is 2.19 bits per heavy atom. The largest absolute Gasteiger partial charge is 0.491 e. The Morgan fingerprint density at radius 1 is 1.38 bits per heavy atom. The average molecular weight is 288 g/mol. The first-order valence-electron chi connectivity index (χ1n) is 7.46. The highest BCUT2D eigenvalue weighted by molar-refractivity contribution is 5.89. The summed E-state index contributed by atoms with van der Waals surface area (Å²) in [7, 11) is 0. The van der Waals surface area contributed by atoms with Gasteiger partial charge in [-0.1, -0.05) is 18.2 Å². The van der Waals surface area contributed by atoms with Crippen molar-refractivity contribution < 1.29 is 14.3 Å². The number of ether oxygens (including phenoxy) is 1. The Morgan fingerprint density at radius 3 is 2.95 bits per heavy atom. The van der Waals surface area contributed by atoms with E-state index in [9.17, 15) is 9.59 Å². The van der Waals surface area contributed by atoms with Crippen molar-refractivity contribution in [2.75, 3.05) is 19.7 Å². The molecule has 1 N–H and O–H groups in total. The number of carbonyl (C=O) groups excluding carboxylic acids is 2. The minimum absolute atomic E-state index is 0.0156. The van der Waals surface area contributed by atoms with Gasteiger partial charge in [0.25, 0.3) is 0 Å². The molecule has 2 atom stereocenters. The van der Waals surface area contributed by atoms with E-state index >= 15 is 0 Å². The molecule has 112 valence electrons. The van der Waals surface area contributed by atoms with Crippen LogP contribution in [0.3, 0.4) is 0 Å². The summed E-state index contributed by atoms with van der Waals surface area (Å²) >= 11 is 0. The predicted molar refractivity (Wildman–Crippen MR) is 77.9 cm³/mol. The number of nitrogens with zero attached hydrogens (tertiary/aromatic N) is 1. The zero-order valence-electron chi connectivity index (χ0n) is 12.2. The van der Waals surface area contributed by atoms with Crippen LogP contribution in [-0.2, 0) is 16.0 Å². The number of benzene rings is 1. The van der Waals surface area contributed by atoms with Gasteiger partial charge in [0.1, 0.15) is 12.4 Å². The molecule has 5 heteroatoms. The second-order valence-corrected chi connectivity index (χ2v) is 5.66. The lowest BCUT2D eigenvalue weighted by Gasteiger charge is -2.27. The summed E-state index contributed by atoms with van der Waals surface area (Å²) in [5.41, 5.74) is 1.12. The predicted octanol–water partition coefficient (Wildman–Crippen LogP) is 0.975. The van der Waals surface area contributed by atoms with Gasteiger partial charge < -0.3 is 15.0 Å². The van der Waals surface area contributed by atoms with Crippen LogP contribution in [0.25, 0.3) is 0 Å². The Balaban J connectivity index is 1.58. The topological polar surface area (TPSA) is 58.6 Å². The molecule has 1 aromatic carbocycles. The molecular formula is C16H20N2O3. The van der Waals surface area contributed by atoms with Gasteiger partial charge in [-0.15, -0.1) is 0 Å². The molecule has 2 amide bonds. The maximum Gasteiger partial charge on any atom is 0.225 e. The van der Waals surface area contributed by atoms with Crippen molar-refractivity contribution >= 4 is 11.8 Å². The first-order valence-corrected chi connectivity index (χ1v) is 7.46. The van der Waals surface area contributed by atoms with Crippen molar-refractivity contribution in [1.82, 2.24) is 10.2 Å². The van der Waals surface area contributed by atoms with E-state index in [0.717, 1.165) is 17.7 Å². The van der Waals surface area contributed by atoms with E-state index in [1.54, 1.807) is 4.90 Å². The minimum Gasteiger partial charge on any atom is -0.491 e. The van der Waals surface area contributed by atoms with Gasteiger partial charge in [-0.05, 0) is 25.0 Å². The fraction of sp³-hybridized carbons (Fsp3) is 0.500. The molecule has 3 rings (SSSR count). The minimum atomic E-state index is -0.227. The highest BCUT2D eigenvalue weighted by Gasteiger charge is 2.34. The van der Waals surface area contributed by atoms with Crippen molar-refractivity contribution in [3.63, 3.8) is 0 Å². The fourth-order valence-corrected chi connectivity index (χ4v) is 2.99. The molecule has 0 bridgehead atoms. The molecule has 1 aromatic rings. The first-order chi connectivity index (χ1) is 10.2. The maximum atomic E-state index is 12.3. The van der Waals surface area contributed by atoms with Gasteiger partial charge >= 0.3 is 0 Å². The lowest BCUT2D eigenvalue weighted by molar-refractivity contribution is -0.129. The molecule has 0 aromatic heterocycles. The number of fused-ring (bicyclic) bond motifs is 1. The van der Waals surface area contributed by atoms with Crippen molar-refractivity contribution in [3.05, 3.63) is 29.8 Å². The number of amides is 2. The second-order valence-electron chi connectivity index (χ2n) is 5.66. The fourth-order valence-electron chi connectivity index (χ4n) is 2.99. The third-order valence-electron chi connectivity index (χ3n) is 4.19. The number of nitrogens with one attached hydrogen (secondary N) is 1. The highest BCUT2D eigenvalue weighted by atomic mass is 16.5. The summed E-state index contributed by atoms with van der Waals surface area (Å²) in [4.78, 5) is 25.7. The zero-order chi connectivity index (χ0) is 14.8. The smallest absolute Gasteiger partial charge is 0.225 e. The van der Waals surface area contributed by atoms with E-state index in [2.05, 4.69) is 5.32 Å². The van der Waals surface area contributed by atoms with Crippen molar-refractivity contribution in [3.8, 4) is 5.75 Å². The van der Waals surface area contributed by atoms with Crippen molar-refractivity contribution in [1.29, 1.82) is 0 Å². The molecule has 21 heavy (non-hydrogen) atoms. The van der Waals surface area contributed by atoms with Gasteiger partial charge in [-0.3, -0.25) is 9.59 Å². The SMILES string of the molecule is CCN1C[C@@H](C(=O)N[C@@H]2COc3ccccc3C2)CC1=O. The monoisotopic (exact) mass is 288 g/mol. The zero-order valence-corrected chi connectivity index (χ0v) is 12.2. The van der Waals surface area contributed by atoms with Gasteiger partial charge in [-0.25, -0.2) is 0 Å². The van der Waals surface area contributed by atoms with Crippen LogP contribution in [0, 0.1) is 5.92 Å². The third-order valence-corrected chi connectivity index (χ3v) is 4.19. The molecule has 1 fully saturated rings. The van der Waals surface area contributed by atoms with E-state index in [4.69, 9.17) is 4.74 Å². The van der Waals surface area contributed by atoms with Crippen LogP contribution in [0.2, 0.25) is 0 Å². The highest BCUT2D eigenvalue weighted by Crippen LogP contribution is 2.24. The van der Waals surface area contributed by atoms with E-state index in [1.807, 2.05) is 31.2 Å². The Labute approximate surface area is 124 Å². The standard InChI is InChI=1S/C16H20N2O3/c1-2-18-9-12(8-15(18)19)16(20)17-13-7-11-5-3-4-6-14(11)21-10-13/h3-6,12-13H,2,7-10H2,1H3,(H,17,20)/t12-,13-/m0/s1. The summed E-state index contributed by atoms with van der Waals surface area (Å²) in [6.45, 7) is 3.62. The van der Waals surface area contributed by atoms with E-state index < -0.39 is 0 Å². The number of hydrogen-bond donors (Lipinski definition) is 1. The number of carbonyl (C=O) groups is 2. The second kappa shape index (κ2) is 5.76. The summed E-state index contributed by atoms with van der Waals surface area (Å²) in [5.74, 6) is 0.709. The van der Waals surface area contributed by atoms with E-state index in [1.165, 1.54) is 0 Å². The third kappa shape index (κ3) is 2.86. The quantitative estimate of drug-likeness (QED) is 0.902. The molecule has 0 aliphatic carbocycles. The molecule has 2 aliphatic heterocycles. The molecular weight excluding hydrogens is 268 g/mol. The summed E-state index contributed by atoms with van der Waals surface area (Å²) in [6, 6.07) is 7.87. The van der Waals surface area contributed by atoms with E-state index in [-0.39, 0.29) is 23.8 Å². The van der Waals surface area contributed by atoms with Gasteiger partial charge in [0, 0.05) is 19.5 Å². The Kier molecular flexibility index (Phi) is 3.82. The molecule has 5 nitrogen and oxygen atoms in total. The Bertz CT molecular complexity index is 558. The van der Waals surface area contributed by atoms with Crippen LogP contribution in [0.5, 0.6) is 5.75 Å². The Hall–Kier alpha value is -2.04. The molecule has 0 saturated carbocycles. The van der Waals surface area contributed by atoms with E-state index in [0.29, 0.717) is 26.1 Å². The first kappa shape index (κ1) is 13.9. The molecule has 0 radical (unpaired) electrons. The molecule has 0 unspecified atom stereocenters. The average Bonchev–Trinajstić information content (AvgIpc) is 2.88. The van der Waals surface area contributed by atoms with Crippen LogP contribution in [0.15, 0.2) is 24.3 Å². The normalized spacial score (nSPS) is 24.4. The lowest BCUT2D eigenvalue weighted by atomic mass is 10.0. The van der Waals surface area contributed by atoms with Crippen molar-refractivity contribution in [2.45, 2.75) is 25.8 Å². The van der Waals surface area contributed by atoms with Crippen LogP contribution in [-0.4, -0.2) is 42.5 Å². The molecule has 2 heterocycles. The molecule has 0 spiro atoms. The maximum absolute atomic E-state index is 12.3. The van der Waals surface area contributed by atoms with Gasteiger partial charge in [-0.2, -0.15) is 0 Å². The number of para-hydroxylation sites is 1.